The number of unbranched alkanes of at least 4 members (excludes halogenated alkanes) is 1. The average Bonchev–Trinajstić information content (AvgIpc) is 2.56. The van der Waals surface area contributed by atoms with Crippen molar-refractivity contribution in [3.8, 4) is 0 Å². The molecule has 0 saturated heterocycles. The topological polar surface area (TPSA) is 102 Å². The smallest absolute Gasteiger partial charge is 0.250 e. The number of nitrogens with two attached hydrogens (primary N) is 1. The molecule has 0 fully saturated rings. The molecular weight excluding hydrogens is 361 g/mol. The monoisotopic (exact) mass is 385 g/mol. The molecule has 2 rings (SSSR count). The van der Waals surface area contributed by atoms with E-state index in [4.69, 9.17) is 10.5 Å². The van der Waals surface area contributed by atoms with Crippen LogP contribution in [0.4, 0.5) is 4.39 Å². The summed E-state index contributed by atoms with van der Waals surface area (Å²) in [6, 6.07) is 5.63. The first-order chi connectivity index (χ1) is 12.2. The van der Waals surface area contributed by atoms with Gasteiger partial charge < -0.3 is 10.5 Å². The lowest BCUT2D eigenvalue weighted by atomic mass is 9.85. The largest absolute Gasteiger partial charge is 0.378 e. The van der Waals surface area contributed by atoms with Crippen LogP contribution in [0, 0.1) is 5.82 Å². The van der Waals surface area contributed by atoms with Crippen molar-refractivity contribution in [1.82, 2.24) is 4.31 Å². The number of carbonyl (C=O) groups excluding carboxylic acids is 1. The Bertz CT molecular complexity index is 812. The van der Waals surface area contributed by atoms with Crippen LogP contribution in [0.25, 0.3) is 0 Å². The minimum atomic E-state index is -4.18. The standard InChI is InChI=1S/C17H24FN3O4S/c1-4-5-10-25-11-17(13-8-6-7-9-14(13)18)15(12(2)22)26(23,24)21(3)16(19)20-17/h6-9,15H,4-5,10-11H2,1-3H3,(H2,19,20). The van der Waals surface area contributed by atoms with E-state index in [1.807, 2.05) is 6.92 Å². The zero-order chi connectivity index (χ0) is 19.5. The van der Waals surface area contributed by atoms with E-state index in [2.05, 4.69) is 4.99 Å². The van der Waals surface area contributed by atoms with Crippen LogP contribution >= 0.6 is 0 Å². The summed E-state index contributed by atoms with van der Waals surface area (Å²) in [5, 5.41) is -1.63. The summed E-state index contributed by atoms with van der Waals surface area (Å²) < 4.78 is 46.8. The number of hydrogen-bond donors (Lipinski definition) is 1. The summed E-state index contributed by atoms with van der Waals surface area (Å²) in [6.45, 7) is 3.19. The van der Waals surface area contributed by atoms with Crippen LogP contribution < -0.4 is 5.73 Å². The summed E-state index contributed by atoms with van der Waals surface area (Å²) in [5.41, 5.74) is 4.01. The van der Waals surface area contributed by atoms with Crippen LogP contribution in [0.3, 0.4) is 0 Å². The molecule has 1 heterocycles. The second-order valence-electron chi connectivity index (χ2n) is 6.28. The molecule has 2 atom stereocenters. The first kappa shape index (κ1) is 20.3. The minimum Gasteiger partial charge on any atom is -0.378 e. The van der Waals surface area contributed by atoms with Crippen molar-refractivity contribution < 1.29 is 22.3 Å². The van der Waals surface area contributed by atoms with Gasteiger partial charge >= 0.3 is 0 Å². The van der Waals surface area contributed by atoms with E-state index >= 15 is 0 Å². The number of sulfonamides is 1. The van der Waals surface area contributed by atoms with Crippen LogP contribution in [0.5, 0.6) is 0 Å². The van der Waals surface area contributed by atoms with E-state index in [-0.39, 0.29) is 18.1 Å². The maximum atomic E-state index is 14.6. The third-order valence-corrected chi connectivity index (χ3v) is 6.69. The predicted octanol–water partition coefficient (Wildman–Crippen LogP) is 1.39. The van der Waals surface area contributed by atoms with Gasteiger partial charge in [-0.1, -0.05) is 31.5 Å². The molecule has 0 bridgehead atoms. The summed E-state index contributed by atoms with van der Waals surface area (Å²) >= 11 is 0. The highest BCUT2D eigenvalue weighted by Gasteiger charge is 2.57. The normalized spacial score (nSPS) is 25.0. The summed E-state index contributed by atoms with van der Waals surface area (Å²) in [6.07, 6.45) is 1.61. The minimum absolute atomic E-state index is 0.0312. The van der Waals surface area contributed by atoms with Gasteiger partial charge in [0.05, 0.1) is 6.61 Å². The van der Waals surface area contributed by atoms with Crippen LogP contribution in [0.2, 0.25) is 0 Å². The van der Waals surface area contributed by atoms with E-state index in [1.54, 1.807) is 6.07 Å². The molecule has 0 aromatic heterocycles. The number of nitrogens with zero attached hydrogens (tertiary/aromatic N) is 2. The molecule has 7 nitrogen and oxygen atoms in total. The van der Waals surface area contributed by atoms with Crippen molar-refractivity contribution in [1.29, 1.82) is 0 Å². The van der Waals surface area contributed by atoms with Gasteiger partial charge in [0, 0.05) is 19.2 Å². The van der Waals surface area contributed by atoms with Crippen molar-refractivity contribution >= 4 is 21.8 Å². The molecule has 2 unspecified atom stereocenters. The van der Waals surface area contributed by atoms with Crippen LogP contribution in [0.1, 0.15) is 32.3 Å². The number of ether oxygens (including phenoxy) is 1. The van der Waals surface area contributed by atoms with Crippen molar-refractivity contribution in [2.45, 2.75) is 37.5 Å². The molecule has 1 aromatic rings. The van der Waals surface area contributed by atoms with E-state index in [9.17, 15) is 17.6 Å². The SMILES string of the molecule is CCCCOCC1(c2ccccc2F)N=C(N)N(C)S(=O)(=O)C1C(C)=O. The number of benzene rings is 1. The maximum absolute atomic E-state index is 14.6. The first-order valence-electron chi connectivity index (χ1n) is 8.34. The molecule has 2 N–H and O–H groups in total. The fourth-order valence-electron chi connectivity index (χ4n) is 3.09. The predicted molar refractivity (Wildman–Crippen MR) is 96.6 cm³/mol. The van der Waals surface area contributed by atoms with Crippen LogP contribution in [-0.2, 0) is 25.1 Å². The van der Waals surface area contributed by atoms with E-state index in [1.165, 1.54) is 25.2 Å². The highest BCUT2D eigenvalue weighted by molar-refractivity contribution is 7.91. The van der Waals surface area contributed by atoms with Crippen molar-refractivity contribution in [3.05, 3.63) is 35.6 Å². The maximum Gasteiger partial charge on any atom is 0.250 e. The van der Waals surface area contributed by atoms with Gasteiger partial charge in [0.2, 0.25) is 16.0 Å². The molecule has 0 spiro atoms. The molecule has 26 heavy (non-hydrogen) atoms. The Morgan fingerprint density at radius 3 is 2.65 bits per heavy atom. The zero-order valence-electron chi connectivity index (χ0n) is 15.1. The molecule has 1 aliphatic rings. The quantitative estimate of drug-likeness (QED) is 0.715. The van der Waals surface area contributed by atoms with Gasteiger partial charge in [0.25, 0.3) is 0 Å². The van der Waals surface area contributed by atoms with Crippen LogP contribution in [0.15, 0.2) is 29.3 Å². The summed E-state index contributed by atoms with van der Waals surface area (Å²) in [5.74, 6) is -1.64. The lowest BCUT2D eigenvalue weighted by Gasteiger charge is -2.42. The Labute approximate surface area is 153 Å². The summed E-state index contributed by atoms with van der Waals surface area (Å²) in [7, 11) is -2.97. The van der Waals surface area contributed by atoms with Gasteiger partial charge in [0.15, 0.2) is 11.0 Å². The lowest BCUT2D eigenvalue weighted by Crippen LogP contribution is -2.61. The first-order valence-corrected chi connectivity index (χ1v) is 9.85. The molecule has 1 aromatic carbocycles. The second kappa shape index (κ2) is 7.71. The molecule has 0 amide bonds. The van der Waals surface area contributed by atoms with Gasteiger partial charge in [-0.3, -0.25) is 4.79 Å². The number of guanidine groups is 1. The Balaban J connectivity index is 2.71. The summed E-state index contributed by atoms with van der Waals surface area (Å²) in [4.78, 5) is 16.6. The number of rotatable bonds is 7. The number of aliphatic imine (C=N–C) groups is 1. The van der Waals surface area contributed by atoms with Gasteiger partial charge in [-0.05, 0) is 19.4 Å². The van der Waals surface area contributed by atoms with Crippen molar-refractivity contribution in [3.63, 3.8) is 0 Å². The number of Topliss-reactive ketones (excluding diaryl/α,β-unsaturated/α-hetero) is 1. The zero-order valence-corrected chi connectivity index (χ0v) is 15.9. The number of hydrogen-bond acceptors (Lipinski definition) is 6. The third-order valence-electron chi connectivity index (χ3n) is 4.42. The van der Waals surface area contributed by atoms with Crippen molar-refractivity contribution in [2.75, 3.05) is 20.3 Å². The van der Waals surface area contributed by atoms with Gasteiger partial charge in [0.1, 0.15) is 11.4 Å². The Kier molecular flexibility index (Phi) is 6.02. The Hall–Kier alpha value is -2.00. The fourth-order valence-corrected chi connectivity index (χ4v) is 4.87. The average molecular weight is 385 g/mol. The Morgan fingerprint density at radius 2 is 2.08 bits per heavy atom. The second-order valence-corrected chi connectivity index (χ2v) is 8.33. The van der Waals surface area contributed by atoms with Gasteiger partial charge in [-0.25, -0.2) is 22.1 Å². The third kappa shape index (κ3) is 3.45. The van der Waals surface area contributed by atoms with Gasteiger partial charge in [-0.15, -0.1) is 0 Å². The van der Waals surface area contributed by atoms with E-state index in [0.29, 0.717) is 6.61 Å². The fraction of sp³-hybridized carbons (Fsp3) is 0.529. The molecule has 0 aliphatic carbocycles. The van der Waals surface area contributed by atoms with E-state index in [0.717, 1.165) is 24.1 Å². The molecule has 1 aliphatic heterocycles. The number of ketones is 1. The molecule has 9 heteroatoms. The molecule has 0 radical (unpaired) electrons. The number of halogens is 1. The molecule has 144 valence electrons. The molecular formula is C17H24FN3O4S. The molecule has 0 saturated carbocycles. The highest BCUT2D eigenvalue weighted by atomic mass is 32.2. The van der Waals surface area contributed by atoms with Crippen molar-refractivity contribution in [2.24, 2.45) is 10.7 Å². The van der Waals surface area contributed by atoms with E-state index < -0.39 is 32.4 Å². The Morgan fingerprint density at radius 1 is 1.42 bits per heavy atom. The highest BCUT2D eigenvalue weighted by Crippen LogP contribution is 2.40. The lowest BCUT2D eigenvalue weighted by molar-refractivity contribution is -0.118. The van der Waals surface area contributed by atoms with Crippen LogP contribution in [-0.4, -0.2) is 50.0 Å². The van der Waals surface area contributed by atoms with Gasteiger partial charge in [-0.2, -0.15) is 0 Å². The number of carbonyl (C=O) groups is 1.